The van der Waals surface area contributed by atoms with Crippen LogP contribution in [0.3, 0.4) is 0 Å². The van der Waals surface area contributed by atoms with E-state index in [4.69, 9.17) is 0 Å². The van der Waals surface area contributed by atoms with Crippen molar-refractivity contribution in [2.24, 2.45) is 10.9 Å². The number of rotatable bonds is 7. The number of aryl methyl sites for hydroxylation is 1. The summed E-state index contributed by atoms with van der Waals surface area (Å²) in [5, 5.41) is 6.69. The van der Waals surface area contributed by atoms with E-state index in [0.29, 0.717) is 18.0 Å². The molecule has 1 aliphatic heterocycles. The summed E-state index contributed by atoms with van der Waals surface area (Å²) in [5.74, 6) is 1.23. The van der Waals surface area contributed by atoms with E-state index < -0.39 is 0 Å². The Kier molecular flexibility index (Phi) is 9.87. The minimum absolute atomic E-state index is 0. The molecule has 1 saturated heterocycles. The monoisotopic (exact) mass is 510 g/mol. The molecule has 1 unspecified atom stereocenters. The molecule has 6 heteroatoms. The van der Waals surface area contributed by atoms with Crippen LogP contribution in [0.4, 0.5) is 4.39 Å². The Morgan fingerprint density at radius 2 is 1.93 bits per heavy atom. The van der Waals surface area contributed by atoms with Crippen molar-refractivity contribution in [1.82, 2.24) is 15.5 Å². The van der Waals surface area contributed by atoms with E-state index in [1.54, 1.807) is 20.0 Å². The molecule has 3 rings (SSSR count). The van der Waals surface area contributed by atoms with Crippen LogP contribution in [-0.4, -0.2) is 44.1 Å². The molecule has 29 heavy (non-hydrogen) atoms. The first kappa shape index (κ1) is 23.6. The summed E-state index contributed by atoms with van der Waals surface area (Å²) in [5.41, 5.74) is 2.99. The van der Waals surface area contributed by atoms with Gasteiger partial charge < -0.3 is 15.5 Å². The maximum absolute atomic E-state index is 13.7. The number of likely N-dealkylation sites (tertiary alicyclic amines) is 1. The molecule has 1 fully saturated rings. The Morgan fingerprint density at radius 1 is 1.14 bits per heavy atom. The molecule has 0 amide bonds. The summed E-state index contributed by atoms with van der Waals surface area (Å²) < 4.78 is 13.7. The molecule has 0 aliphatic carbocycles. The summed E-state index contributed by atoms with van der Waals surface area (Å²) in [7, 11) is 1.77. The van der Waals surface area contributed by atoms with Crippen molar-refractivity contribution in [1.29, 1.82) is 0 Å². The number of guanidine groups is 1. The molecule has 158 valence electrons. The second-order valence-corrected chi connectivity index (χ2v) is 7.58. The zero-order chi connectivity index (χ0) is 19.8. The lowest BCUT2D eigenvalue weighted by Crippen LogP contribution is -2.40. The second-order valence-electron chi connectivity index (χ2n) is 7.58. The van der Waals surface area contributed by atoms with Gasteiger partial charge in [-0.25, -0.2) is 4.39 Å². The molecule has 1 heterocycles. The van der Waals surface area contributed by atoms with Crippen LogP contribution in [0.1, 0.15) is 23.1 Å². The highest BCUT2D eigenvalue weighted by Crippen LogP contribution is 2.16. The van der Waals surface area contributed by atoms with Gasteiger partial charge in [0.1, 0.15) is 5.82 Å². The molecule has 0 aromatic heterocycles. The molecule has 0 saturated carbocycles. The van der Waals surface area contributed by atoms with Crippen molar-refractivity contribution < 1.29 is 4.39 Å². The van der Waals surface area contributed by atoms with E-state index in [1.165, 1.54) is 12.0 Å². The van der Waals surface area contributed by atoms with Crippen molar-refractivity contribution >= 4 is 29.9 Å². The van der Waals surface area contributed by atoms with Gasteiger partial charge in [0.25, 0.3) is 0 Å². The first-order valence-corrected chi connectivity index (χ1v) is 10.1. The lowest BCUT2D eigenvalue weighted by molar-refractivity contribution is 0.328. The van der Waals surface area contributed by atoms with Gasteiger partial charge in [-0.3, -0.25) is 4.99 Å². The number of benzene rings is 2. The first-order valence-electron chi connectivity index (χ1n) is 10.1. The minimum Gasteiger partial charge on any atom is -0.356 e. The Morgan fingerprint density at radius 3 is 2.66 bits per heavy atom. The van der Waals surface area contributed by atoms with E-state index in [9.17, 15) is 4.39 Å². The van der Waals surface area contributed by atoms with E-state index in [2.05, 4.69) is 50.9 Å². The summed E-state index contributed by atoms with van der Waals surface area (Å²) in [6.45, 7) is 6.65. The molecule has 0 radical (unpaired) electrons. The molecule has 1 aliphatic rings. The van der Waals surface area contributed by atoms with E-state index >= 15 is 0 Å². The number of hydrogen-bond acceptors (Lipinski definition) is 2. The fourth-order valence-electron chi connectivity index (χ4n) is 3.61. The predicted molar refractivity (Wildman–Crippen MR) is 129 cm³/mol. The van der Waals surface area contributed by atoms with Gasteiger partial charge in [-0.2, -0.15) is 0 Å². The van der Waals surface area contributed by atoms with Crippen LogP contribution in [0.25, 0.3) is 0 Å². The lowest BCUT2D eigenvalue weighted by atomic mass is 10.1. The predicted octanol–water partition coefficient (Wildman–Crippen LogP) is 3.98. The quantitative estimate of drug-likeness (QED) is 0.337. The van der Waals surface area contributed by atoms with Crippen LogP contribution in [0.15, 0.2) is 53.5 Å². The van der Waals surface area contributed by atoms with E-state index in [0.717, 1.165) is 44.1 Å². The first-order chi connectivity index (χ1) is 13.6. The third-order valence-electron chi connectivity index (χ3n) is 5.41. The van der Waals surface area contributed by atoms with E-state index in [1.807, 2.05) is 12.1 Å². The van der Waals surface area contributed by atoms with Gasteiger partial charge >= 0.3 is 0 Å². The molecular formula is C23H32FIN4. The maximum atomic E-state index is 13.7. The van der Waals surface area contributed by atoms with Crippen LogP contribution in [-0.2, 0) is 13.0 Å². The zero-order valence-corrected chi connectivity index (χ0v) is 19.7. The zero-order valence-electron chi connectivity index (χ0n) is 17.3. The van der Waals surface area contributed by atoms with Crippen molar-refractivity contribution in [2.75, 3.05) is 33.2 Å². The topological polar surface area (TPSA) is 39.7 Å². The number of hydrogen-bond donors (Lipinski definition) is 2. The van der Waals surface area contributed by atoms with Crippen molar-refractivity contribution in [3.05, 3.63) is 71.0 Å². The highest BCUT2D eigenvalue weighted by molar-refractivity contribution is 14.0. The van der Waals surface area contributed by atoms with Gasteiger partial charge in [0, 0.05) is 33.2 Å². The molecule has 0 spiro atoms. The number of nitrogens with zero attached hydrogens (tertiary/aromatic N) is 2. The highest BCUT2D eigenvalue weighted by atomic mass is 127. The Bertz CT molecular complexity index is 782. The molecule has 2 aromatic carbocycles. The smallest absolute Gasteiger partial charge is 0.191 e. The standard InChI is InChI=1S/C23H31FN4.HI/c1-18-8-9-20(14-22(18)24)15-26-23(25-2)27-16-21-11-13-28(17-21)12-10-19-6-4-3-5-7-19;/h3-9,14,21H,10-13,15-17H2,1-2H3,(H2,25,26,27);1H. The van der Waals surface area contributed by atoms with Gasteiger partial charge in [-0.1, -0.05) is 42.5 Å². The average molecular weight is 510 g/mol. The van der Waals surface area contributed by atoms with Crippen LogP contribution in [0, 0.1) is 18.7 Å². The number of nitrogens with one attached hydrogen (secondary N) is 2. The number of halogens is 2. The summed E-state index contributed by atoms with van der Waals surface area (Å²) >= 11 is 0. The van der Waals surface area contributed by atoms with Crippen LogP contribution >= 0.6 is 24.0 Å². The van der Waals surface area contributed by atoms with Crippen molar-refractivity contribution in [3.8, 4) is 0 Å². The Hall–Kier alpha value is -1.67. The SMILES string of the molecule is CN=C(NCc1ccc(C)c(F)c1)NCC1CCN(CCc2ccccc2)C1.I. The van der Waals surface area contributed by atoms with E-state index in [-0.39, 0.29) is 29.8 Å². The largest absolute Gasteiger partial charge is 0.356 e. The maximum Gasteiger partial charge on any atom is 0.191 e. The van der Waals surface area contributed by atoms with Crippen LogP contribution in [0.2, 0.25) is 0 Å². The van der Waals surface area contributed by atoms with Gasteiger partial charge in [0.2, 0.25) is 0 Å². The summed E-state index contributed by atoms with van der Waals surface area (Å²) in [6.07, 6.45) is 2.32. The summed E-state index contributed by atoms with van der Waals surface area (Å²) in [6, 6.07) is 16.0. The summed E-state index contributed by atoms with van der Waals surface area (Å²) in [4.78, 5) is 6.83. The van der Waals surface area contributed by atoms with Crippen LogP contribution < -0.4 is 10.6 Å². The molecule has 2 aromatic rings. The molecule has 4 nitrogen and oxygen atoms in total. The fourth-order valence-corrected chi connectivity index (χ4v) is 3.61. The lowest BCUT2D eigenvalue weighted by Gasteiger charge is -2.17. The van der Waals surface area contributed by atoms with Crippen LogP contribution in [0.5, 0.6) is 0 Å². The second kappa shape index (κ2) is 12.1. The van der Waals surface area contributed by atoms with Gasteiger partial charge in [-0.05, 0) is 55.0 Å². The molecule has 0 bridgehead atoms. The molecule has 2 N–H and O–H groups in total. The average Bonchev–Trinajstić information content (AvgIpc) is 3.18. The normalized spacial score (nSPS) is 17.1. The highest BCUT2D eigenvalue weighted by Gasteiger charge is 2.22. The van der Waals surface area contributed by atoms with Crippen molar-refractivity contribution in [3.63, 3.8) is 0 Å². The molecule has 1 atom stereocenters. The third kappa shape index (κ3) is 7.59. The van der Waals surface area contributed by atoms with Crippen molar-refractivity contribution in [2.45, 2.75) is 26.3 Å². The Labute approximate surface area is 191 Å². The minimum atomic E-state index is -0.163. The fraction of sp³-hybridized carbons (Fsp3) is 0.435. The number of aliphatic imine (C=N–C) groups is 1. The third-order valence-corrected chi connectivity index (χ3v) is 5.41. The molecular weight excluding hydrogens is 478 g/mol. The Balaban J connectivity index is 0.00000300. The van der Waals surface area contributed by atoms with Gasteiger partial charge in [0.15, 0.2) is 5.96 Å². The van der Waals surface area contributed by atoms with Gasteiger partial charge in [0.05, 0.1) is 0 Å². The van der Waals surface area contributed by atoms with Gasteiger partial charge in [-0.15, -0.1) is 24.0 Å².